The molecule has 8 nitrogen and oxygen atoms in total. The molecule has 0 spiro atoms. The Balaban J connectivity index is 1.73. The first kappa shape index (κ1) is 20.5. The van der Waals surface area contributed by atoms with Gasteiger partial charge in [0.1, 0.15) is 5.75 Å². The van der Waals surface area contributed by atoms with Gasteiger partial charge in [-0.15, -0.1) is 11.8 Å². The molecule has 1 atom stereocenters. The molecule has 1 heterocycles. The molecule has 152 valence electrons. The number of hydrogen-bond acceptors (Lipinski definition) is 6. The number of likely N-dealkylation sites (N-methyl/N-ethyl adjacent to an activating group) is 1. The van der Waals surface area contributed by atoms with Crippen molar-refractivity contribution in [1.29, 1.82) is 0 Å². The minimum atomic E-state index is -0.707. The van der Waals surface area contributed by atoms with E-state index in [0.717, 1.165) is 10.6 Å². The molecule has 4 N–H and O–H groups in total. The van der Waals surface area contributed by atoms with Gasteiger partial charge in [-0.2, -0.15) is 0 Å². The molecule has 3 rings (SSSR count). The molecule has 2 aromatic rings. The SMILES string of the molecule is CNC(=O)[C@H]1CN(CC(=O)Nc2ccccc2SCC(N)=O)c2ccccc2O1. The highest BCUT2D eigenvalue weighted by Gasteiger charge is 2.31. The van der Waals surface area contributed by atoms with Gasteiger partial charge in [-0.05, 0) is 24.3 Å². The summed E-state index contributed by atoms with van der Waals surface area (Å²) in [7, 11) is 1.55. The first-order valence-electron chi connectivity index (χ1n) is 9.00. The van der Waals surface area contributed by atoms with E-state index in [1.807, 2.05) is 35.2 Å². The summed E-state index contributed by atoms with van der Waals surface area (Å²) < 4.78 is 5.76. The average molecular weight is 414 g/mol. The van der Waals surface area contributed by atoms with Crippen LogP contribution >= 0.6 is 11.8 Å². The normalized spacial score (nSPS) is 15.1. The van der Waals surface area contributed by atoms with Crippen LogP contribution in [-0.4, -0.2) is 49.7 Å². The van der Waals surface area contributed by atoms with Crippen LogP contribution in [0.4, 0.5) is 11.4 Å². The Morgan fingerprint density at radius 2 is 1.90 bits per heavy atom. The van der Waals surface area contributed by atoms with Crippen LogP contribution in [0.25, 0.3) is 0 Å². The van der Waals surface area contributed by atoms with E-state index < -0.39 is 12.0 Å². The maximum absolute atomic E-state index is 12.7. The Hall–Kier alpha value is -3.20. The standard InChI is InChI=1S/C20H22N4O4S/c1-22-20(27)16-10-24(14-7-3-4-8-15(14)28-16)11-19(26)23-13-6-2-5-9-17(13)29-12-18(21)25/h2-9,16H,10-12H2,1H3,(H2,21,25)(H,22,27)(H,23,26)/t16-/m1/s1. The van der Waals surface area contributed by atoms with E-state index >= 15 is 0 Å². The van der Waals surface area contributed by atoms with Crippen molar-refractivity contribution in [2.24, 2.45) is 5.73 Å². The van der Waals surface area contributed by atoms with E-state index in [1.165, 1.54) is 11.8 Å². The van der Waals surface area contributed by atoms with Crippen molar-refractivity contribution in [2.75, 3.05) is 36.1 Å². The summed E-state index contributed by atoms with van der Waals surface area (Å²) in [5.41, 5.74) is 6.57. The molecule has 9 heteroatoms. The van der Waals surface area contributed by atoms with Gasteiger partial charge in [-0.1, -0.05) is 24.3 Å². The number of thioether (sulfide) groups is 1. The number of rotatable bonds is 7. The van der Waals surface area contributed by atoms with Gasteiger partial charge in [0.2, 0.25) is 11.8 Å². The van der Waals surface area contributed by atoms with Crippen molar-refractivity contribution in [2.45, 2.75) is 11.0 Å². The molecule has 29 heavy (non-hydrogen) atoms. The lowest BCUT2D eigenvalue weighted by molar-refractivity contribution is -0.127. The Morgan fingerprint density at radius 1 is 1.17 bits per heavy atom. The van der Waals surface area contributed by atoms with E-state index in [2.05, 4.69) is 10.6 Å². The number of hydrogen-bond donors (Lipinski definition) is 3. The summed E-state index contributed by atoms with van der Waals surface area (Å²) in [5, 5.41) is 5.45. The Labute approximate surface area is 172 Å². The fourth-order valence-corrected chi connectivity index (χ4v) is 3.71. The molecule has 2 aromatic carbocycles. The van der Waals surface area contributed by atoms with Crippen LogP contribution in [0, 0.1) is 0 Å². The Bertz CT molecular complexity index is 921. The molecule has 0 aromatic heterocycles. The average Bonchev–Trinajstić information content (AvgIpc) is 2.72. The number of carbonyl (C=O) groups excluding carboxylic acids is 3. The molecule has 0 saturated carbocycles. The van der Waals surface area contributed by atoms with Crippen LogP contribution < -0.4 is 26.0 Å². The minimum absolute atomic E-state index is 0.0443. The fraction of sp³-hybridized carbons (Fsp3) is 0.250. The number of nitrogens with zero attached hydrogens (tertiary/aromatic N) is 1. The van der Waals surface area contributed by atoms with Gasteiger partial charge in [0.25, 0.3) is 5.91 Å². The quantitative estimate of drug-likeness (QED) is 0.587. The summed E-state index contributed by atoms with van der Waals surface area (Å²) >= 11 is 1.26. The number of fused-ring (bicyclic) bond motifs is 1. The van der Waals surface area contributed by atoms with E-state index in [0.29, 0.717) is 11.4 Å². The number of anilines is 2. The molecule has 0 unspecified atom stereocenters. The smallest absolute Gasteiger partial charge is 0.262 e. The second-order valence-electron chi connectivity index (χ2n) is 6.37. The highest BCUT2D eigenvalue weighted by molar-refractivity contribution is 8.00. The van der Waals surface area contributed by atoms with Gasteiger partial charge in [0, 0.05) is 11.9 Å². The second-order valence-corrected chi connectivity index (χ2v) is 7.39. The van der Waals surface area contributed by atoms with E-state index in [9.17, 15) is 14.4 Å². The zero-order valence-electron chi connectivity index (χ0n) is 15.9. The molecule has 1 aliphatic rings. The van der Waals surface area contributed by atoms with Crippen LogP contribution in [0.5, 0.6) is 5.75 Å². The predicted octanol–water partition coefficient (Wildman–Crippen LogP) is 1.22. The van der Waals surface area contributed by atoms with Crippen molar-refractivity contribution < 1.29 is 19.1 Å². The number of nitrogens with one attached hydrogen (secondary N) is 2. The summed E-state index contributed by atoms with van der Waals surface area (Å²) in [6, 6.07) is 14.5. The number of ether oxygens (including phenoxy) is 1. The van der Waals surface area contributed by atoms with Crippen LogP contribution in [0.1, 0.15) is 0 Å². The number of para-hydroxylation sites is 3. The molecule has 0 aliphatic carbocycles. The summed E-state index contributed by atoms with van der Waals surface area (Å²) in [4.78, 5) is 38.4. The van der Waals surface area contributed by atoms with Gasteiger partial charge in [0.15, 0.2) is 6.10 Å². The van der Waals surface area contributed by atoms with Crippen molar-refractivity contribution >= 4 is 40.9 Å². The first-order chi connectivity index (χ1) is 14.0. The number of benzene rings is 2. The zero-order valence-corrected chi connectivity index (χ0v) is 16.7. The fourth-order valence-electron chi connectivity index (χ4n) is 2.96. The predicted molar refractivity (Wildman–Crippen MR) is 112 cm³/mol. The monoisotopic (exact) mass is 414 g/mol. The molecule has 0 saturated heterocycles. The third-order valence-electron chi connectivity index (χ3n) is 4.27. The highest BCUT2D eigenvalue weighted by Crippen LogP contribution is 2.33. The number of carbonyl (C=O) groups is 3. The maximum Gasteiger partial charge on any atom is 0.262 e. The van der Waals surface area contributed by atoms with Crippen molar-refractivity contribution in [1.82, 2.24) is 5.32 Å². The Kier molecular flexibility index (Phi) is 6.61. The van der Waals surface area contributed by atoms with Crippen molar-refractivity contribution in [3.05, 3.63) is 48.5 Å². The molecule has 0 fully saturated rings. The molecule has 3 amide bonds. The van der Waals surface area contributed by atoms with Gasteiger partial charge < -0.3 is 26.0 Å². The van der Waals surface area contributed by atoms with Crippen LogP contribution in [-0.2, 0) is 14.4 Å². The van der Waals surface area contributed by atoms with E-state index in [1.54, 1.807) is 25.2 Å². The van der Waals surface area contributed by atoms with Crippen LogP contribution in [0.2, 0.25) is 0 Å². The number of nitrogens with two attached hydrogens (primary N) is 1. The van der Waals surface area contributed by atoms with Crippen molar-refractivity contribution in [3.8, 4) is 5.75 Å². The number of primary amides is 1. The molecular formula is C20H22N4O4S. The number of amides is 3. The molecule has 0 radical (unpaired) electrons. The third-order valence-corrected chi connectivity index (χ3v) is 5.36. The van der Waals surface area contributed by atoms with E-state index in [4.69, 9.17) is 10.5 Å². The second kappa shape index (κ2) is 9.33. The summed E-state index contributed by atoms with van der Waals surface area (Å²) in [6.45, 7) is 0.296. The lowest BCUT2D eigenvalue weighted by Crippen LogP contribution is -2.50. The van der Waals surface area contributed by atoms with Gasteiger partial charge in [-0.25, -0.2) is 0 Å². The Morgan fingerprint density at radius 3 is 2.66 bits per heavy atom. The largest absolute Gasteiger partial charge is 0.477 e. The van der Waals surface area contributed by atoms with Crippen molar-refractivity contribution in [3.63, 3.8) is 0 Å². The van der Waals surface area contributed by atoms with E-state index in [-0.39, 0.29) is 30.7 Å². The summed E-state index contributed by atoms with van der Waals surface area (Å²) in [5.74, 6) is -0.251. The molecular weight excluding hydrogens is 392 g/mol. The zero-order chi connectivity index (χ0) is 20.8. The first-order valence-corrected chi connectivity index (χ1v) is 9.98. The van der Waals surface area contributed by atoms with Crippen LogP contribution in [0.15, 0.2) is 53.4 Å². The lowest BCUT2D eigenvalue weighted by atomic mass is 10.1. The molecule has 1 aliphatic heterocycles. The van der Waals surface area contributed by atoms with Gasteiger partial charge >= 0.3 is 0 Å². The lowest BCUT2D eigenvalue weighted by Gasteiger charge is -2.35. The minimum Gasteiger partial charge on any atom is -0.477 e. The highest BCUT2D eigenvalue weighted by atomic mass is 32.2. The van der Waals surface area contributed by atoms with Gasteiger partial charge in [-0.3, -0.25) is 14.4 Å². The topological polar surface area (TPSA) is 114 Å². The molecule has 0 bridgehead atoms. The third kappa shape index (κ3) is 5.20. The van der Waals surface area contributed by atoms with Crippen LogP contribution in [0.3, 0.4) is 0 Å². The van der Waals surface area contributed by atoms with Gasteiger partial charge in [0.05, 0.1) is 30.2 Å². The maximum atomic E-state index is 12.7. The summed E-state index contributed by atoms with van der Waals surface area (Å²) in [6.07, 6.45) is -0.707.